The topological polar surface area (TPSA) is 121 Å². The Labute approximate surface area is 191 Å². The van der Waals surface area contributed by atoms with Gasteiger partial charge in [-0.2, -0.15) is 0 Å². The summed E-state index contributed by atoms with van der Waals surface area (Å²) >= 11 is 0. The van der Waals surface area contributed by atoms with Crippen LogP contribution in [0, 0.1) is 11.8 Å². The zero-order valence-corrected chi connectivity index (χ0v) is 18.5. The molecule has 9 heteroatoms. The van der Waals surface area contributed by atoms with Crippen molar-refractivity contribution in [2.45, 2.75) is 31.4 Å². The van der Waals surface area contributed by atoms with E-state index in [1.54, 1.807) is 13.3 Å². The minimum atomic E-state index is -0.740. The van der Waals surface area contributed by atoms with E-state index in [1.807, 2.05) is 34.9 Å². The van der Waals surface area contributed by atoms with Gasteiger partial charge in [-0.25, -0.2) is 4.79 Å². The van der Waals surface area contributed by atoms with Crippen molar-refractivity contribution in [3.8, 4) is 5.75 Å². The standard InChI is InChI=1S/C20H24N2O2.C4H4N2O3/c1-3-13-12-22-9-7-14(13)10-19(22)20(23)16-6-8-21-18-5-4-15(24-2)11-17(16)18;7-2-1-3(8)6-4(9)5-2/h3-6,8,11,13-14,19-20,23H,1,7,9-10,12H2,2H3;1H2,(H2,5,6,7,8,9)/t13-,14-,19+,20-;/m0./s1. The normalized spacial score (nSPS) is 27.2. The number of hydrogen-bond donors (Lipinski definition) is 3. The summed E-state index contributed by atoms with van der Waals surface area (Å²) < 4.78 is 5.35. The summed E-state index contributed by atoms with van der Waals surface area (Å²) in [7, 11) is 1.66. The molecule has 1 unspecified atom stereocenters. The predicted molar refractivity (Wildman–Crippen MR) is 121 cm³/mol. The highest BCUT2D eigenvalue weighted by Gasteiger charge is 2.42. The monoisotopic (exact) mass is 452 g/mol. The van der Waals surface area contributed by atoms with Crippen LogP contribution in [-0.2, 0) is 9.59 Å². The largest absolute Gasteiger partial charge is 0.497 e. The highest BCUT2D eigenvalue weighted by molar-refractivity contribution is 6.14. The number of urea groups is 1. The molecule has 5 atom stereocenters. The average molecular weight is 453 g/mol. The molecule has 4 fully saturated rings. The number of benzene rings is 1. The first-order valence-corrected chi connectivity index (χ1v) is 11.0. The number of hydrogen-bond acceptors (Lipinski definition) is 7. The van der Waals surface area contributed by atoms with Crippen LogP contribution in [0.3, 0.4) is 0 Å². The van der Waals surface area contributed by atoms with Crippen molar-refractivity contribution in [2.24, 2.45) is 11.8 Å². The maximum atomic E-state index is 11.2. The number of pyridine rings is 1. The third-order valence-corrected chi connectivity index (χ3v) is 6.65. The van der Waals surface area contributed by atoms with E-state index in [0.29, 0.717) is 11.8 Å². The summed E-state index contributed by atoms with van der Waals surface area (Å²) in [4.78, 5) is 37.7. The minimum absolute atomic E-state index is 0.178. The van der Waals surface area contributed by atoms with Crippen LogP contribution < -0.4 is 15.4 Å². The maximum Gasteiger partial charge on any atom is 0.328 e. The predicted octanol–water partition coefficient (Wildman–Crippen LogP) is 1.92. The maximum absolute atomic E-state index is 11.2. The zero-order chi connectivity index (χ0) is 23.5. The number of nitrogens with one attached hydrogen (secondary N) is 2. The molecule has 6 rings (SSSR count). The quantitative estimate of drug-likeness (QED) is 0.479. The molecule has 0 saturated carbocycles. The van der Waals surface area contributed by atoms with Gasteiger partial charge in [-0.15, -0.1) is 6.58 Å². The van der Waals surface area contributed by atoms with Gasteiger partial charge in [0.15, 0.2) is 0 Å². The van der Waals surface area contributed by atoms with Crippen molar-refractivity contribution in [1.29, 1.82) is 0 Å². The highest BCUT2D eigenvalue weighted by atomic mass is 16.5. The molecule has 4 aliphatic heterocycles. The van der Waals surface area contributed by atoms with Crippen LogP contribution in [-0.4, -0.2) is 59.1 Å². The lowest BCUT2D eigenvalue weighted by Gasteiger charge is -2.50. The summed E-state index contributed by atoms with van der Waals surface area (Å²) in [5.74, 6) is 0.903. The van der Waals surface area contributed by atoms with Gasteiger partial charge in [0.2, 0.25) is 11.8 Å². The van der Waals surface area contributed by atoms with Crippen molar-refractivity contribution in [2.75, 3.05) is 20.2 Å². The molecule has 2 aromatic rings. The molecule has 4 amide bonds. The second kappa shape index (κ2) is 9.68. The Kier molecular flexibility index (Phi) is 6.71. The van der Waals surface area contributed by atoms with E-state index in [4.69, 9.17) is 4.74 Å². The third kappa shape index (κ3) is 4.89. The highest BCUT2D eigenvalue weighted by Crippen LogP contribution is 2.42. The number of rotatable bonds is 4. The summed E-state index contributed by atoms with van der Waals surface area (Å²) in [6, 6.07) is 7.22. The van der Waals surface area contributed by atoms with Gasteiger partial charge in [-0.1, -0.05) is 6.08 Å². The number of barbiturate groups is 1. The van der Waals surface area contributed by atoms with Crippen molar-refractivity contribution in [1.82, 2.24) is 20.5 Å². The van der Waals surface area contributed by atoms with Crippen molar-refractivity contribution >= 4 is 28.7 Å². The van der Waals surface area contributed by atoms with E-state index in [1.165, 1.54) is 6.42 Å². The Balaban J connectivity index is 0.000000243. The van der Waals surface area contributed by atoms with Gasteiger partial charge in [0, 0.05) is 24.2 Å². The van der Waals surface area contributed by atoms with Gasteiger partial charge in [0.05, 0.1) is 18.7 Å². The molecule has 9 nitrogen and oxygen atoms in total. The molecule has 0 spiro atoms. The van der Waals surface area contributed by atoms with Crippen LogP contribution in [0.2, 0.25) is 0 Å². The fraction of sp³-hybridized carbons (Fsp3) is 0.417. The molecular weight excluding hydrogens is 424 g/mol. The van der Waals surface area contributed by atoms with Crippen LogP contribution in [0.15, 0.2) is 43.1 Å². The van der Waals surface area contributed by atoms with Gasteiger partial charge in [0.25, 0.3) is 0 Å². The van der Waals surface area contributed by atoms with Crippen molar-refractivity contribution < 1.29 is 24.2 Å². The number of carbonyl (C=O) groups is 3. The third-order valence-electron chi connectivity index (χ3n) is 6.65. The van der Waals surface area contributed by atoms with Crippen LogP contribution in [0.25, 0.3) is 10.9 Å². The van der Waals surface area contributed by atoms with Crippen LogP contribution in [0.5, 0.6) is 5.75 Å². The zero-order valence-electron chi connectivity index (χ0n) is 18.5. The Hall–Kier alpha value is -3.30. The van der Waals surface area contributed by atoms with E-state index in [2.05, 4.69) is 22.5 Å². The molecule has 3 N–H and O–H groups in total. The van der Waals surface area contributed by atoms with Crippen molar-refractivity contribution in [3.63, 3.8) is 0 Å². The molecule has 33 heavy (non-hydrogen) atoms. The summed E-state index contributed by atoms with van der Waals surface area (Å²) in [6.45, 7) is 6.07. The summed E-state index contributed by atoms with van der Waals surface area (Å²) in [6.07, 6.45) is 5.36. The fourth-order valence-corrected chi connectivity index (χ4v) is 4.96. The SMILES string of the molecule is C=C[C@H]1CN2CC[C@H]1C[C@@H]2[C@@H](O)c1ccnc2ccc(OC)cc12.O=C1CC(=O)NC(=O)N1. The molecule has 174 valence electrons. The number of aliphatic hydroxyl groups excluding tert-OH is 1. The second-order valence-corrected chi connectivity index (χ2v) is 8.58. The molecule has 5 heterocycles. The number of aliphatic hydroxyl groups is 1. The molecule has 2 bridgehead atoms. The molecule has 0 radical (unpaired) electrons. The lowest BCUT2D eigenvalue weighted by molar-refractivity contribution is -0.129. The molecule has 4 aliphatic rings. The second-order valence-electron chi connectivity index (χ2n) is 8.58. The number of nitrogens with zero attached hydrogens (tertiary/aromatic N) is 2. The Morgan fingerprint density at radius 2 is 2.00 bits per heavy atom. The van der Waals surface area contributed by atoms with E-state index in [9.17, 15) is 19.5 Å². The molecular formula is C24H28N4O5. The van der Waals surface area contributed by atoms with Gasteiger partial charge >= 0.3 is 6.03 Å². The first kappa shape index (κ1) is 22.9. The number of carbonyl (C=O) groups excluding carboxylic acids is 3. The Morgan fingerprint density at radius 3 is 2.61 bits per heavy atom. The molecule has 1 aromatic heterocycles. The van der Waals surface area contributed by atoms with Crippen molar-refractivity contribution in [3.05, 3.63) is 48.7 Å². The first-order valence-electron chi connectivity index (χ1n) is 11.0. The Bertz CT molecular complexity index is 1040. The molecule has 1 aromatic carbocycles. The Morgan fingerprint density at radius 1 is 1.24 bits per heavy atom. The van der Waals surface area contributed by atoms with Crippen LogP contribution in [0.4, 0.5) is 4.79 Å². The number of imide groups is 2. The smallest absolute Gasteiger partial charge is 0.328 e. The summed E-state index contributed by atoms with van der Waals surface area (Å²) in [5.41, 5.74) is 1.85. The number of ether oxygens (including phenoxy) is 1. The molecule has 0 aliphatic carbocycles. The number of methoxy groups -OCH3 is 1. The van der Waals surface area contributed by atoms with Gasteiger partial charge < -0.3 is 9.84 Å². The lowest BCUT2D eigenvalue weighted by Crippen LogP contribution is -2.54. The first-order chi connectivity index (χ1) is 15.9. The van der Waals surface area contributed by atoms with Gasteiger partial charge in [-0.3, -0.25) is 30.1 Å². The van der Waals surface area contributed by atoms with E-state index >= 15 is 0 Å². The van der Waals surface area contributed by atoms with Crippen LogP contribution >= 0.6 is 0 Å². The summed E-state index contributed by atoms with van der Waals surface area (Å²) in [5, 5.41) is 15.9. The van der Waals surface area contributed by atoms with E-state index < -0.39 is 23.9 Å². The van der Waals surface area contributed by atoms with E-state index in [-0.39, 0.29) is 12.5 Å². The minimum Gasteiger partial charge on any atom is -0.497 e. The number of fused-ring (bicyclic) bond motifs is 4. The van der Waals surface area contributed by atoms with Crippen LogP contribution in [0.1, 0.15) is 30.9 Å². The number of aromatic nitrogens is 1. The van der Waals surface area contributed by atoms with Gasteiger partial charge in [0.1, 0.15) is 12.2 Å². The number of amides is 4. The average Bonchev–Trinajstić information content (AvgIpc) is 2.82. The fourth-order valence-electron chi connectivity index (χ4n) is 4.96. The van der Waals surface area contributed by atoms with E-state index in [0.717, 1.165) is 41.7 Å². The van der Waals surface area contributed by atoms with Gasteiger partial charge in [-0.05, 0) is 61.1 Å². The lowest BCUT2D eigenvalue weighted by atomic mass is 9.73. The molecule has 4 saturated heterocycles. The number of piperidine rings is 3.